The Labute approximate surface area is 106 Å². The van der Waals surface area contributed by atoms with Crippen molar-refractivity contribution in [2.45, 2.75) is 59.8 Å². The molecule has 0 amide bonds. The average molecular weight is 233 g/mol. The summed E-state index contributed by atoms with van der Waals surface area (Å²) >= 11 is 0. The monoisotopic (exact) mass is 233 g/mol. The van der Waals surface area contributed by atoms with Crippen LogP contribution in [0.2, 0.25) is 0 Å². The Hall–Kier alpha value is -0.980. The quantitative estimate of drug-likeness (QED) is 0.711. The van der Waals surface area contributed by atoms with Crippen LogP contribution in [0.25, 0.3) is 0 Å². The van der Waals surface area contributed by atoms with Crippen LogP contribution in [0.4, 0.5) is 5.69 Å². The van der Waals surface area contributed by atoms with Crippen LogP contribution in [-0.4, -0.2) is 0 Å². The number of nitrogen functional groups attached to an aromatic ring is 1. The Kier molecular flexibility index (Phi) is 5.54. The second-order valence-corrected chi connectivity index (χ2v) is 5.21. The molecule has 0 fully saturated rings. The summed E-state index contributed by atoms with van der Waals surface area (Å²) in [5.74, 6) is 0.790. The van der Waals surface area contributed by atoms with Crippen LogP contribution in [0.1, 0.15) is 56.2 Å². The number of hydrogen-bond acceptors (Lipinski definition) is 1. The average Bonchev–Trinajstić information content (AvgIpc) is 2.33. The van der Waals surface area contributed by atoms with Gasteiger partial charge in [0.25, 0.3) is 0 Å². The first-order chi connectivity index (χ1) is 8.10. The van der Waals surface area contributed by atoms with E-state index in [4.69, 9.17) is 5.73 Å². The highest BCUT2D eigenvalue weighted by atomic mass is 14.6. The first-order valence-corrected chi connectivity index (χ1v) is 6.94. The van der Waals surface area contributed by atoms with E-state index >= 15 is 0 Å². The van der Waals surface area contributed by atoms with Crippen molar-refractivity contribution in [2.24, 2.45) is 5.92 Å². The first kappa shape index (κ1) is 14.1. The predicted octanol–water partition coefficient (Wildman–Crippen LogP) is 4.64. The van der Waals surface area contributed by atoms with E-state index in [1.807, 2.05) is 0 Å². The van der Waals surface area contributed by atoms with Crippen molar-refractivity contribution in [3.05, 3.63) is 28.8 Å². The molecule has 0 radical (unpaired) electrons. The molecule has 1 unspecified atom stereocenters. The number of benzene rings is 1. The second kappa shape index (κ2) is 6.68. The van der Waals surface area contributed by atoms with Gasteiger partial charge in [-0.3, -0.25) is 0 Å². The van der Waals surface area contributed by atoms with E-state index in [-0.39, 0.29) is 0 Å². The molecule has 1 heteroatoms. The number of nitrogens with two attached hydrogens (primary N) is 1. The Morgan fingerprint density at radius 3 is 2.35 bits per heavy atom. The maximum absolute atomic E-state index is 6.22. The molecule has 1 rings (SSSR count). The van der Waals surface area contributed by atoms with E-state index in [1.54, 1.807) is 0 Å². The molecule has 17 heavy (non-hydrogen) atoms. The summed E-state index contributed by atoms with van der Waals surface area (Å²) in [5, 5.41) is 0. The van der Waals surface area contributed by atoms with Crippen LogP contribution >= 0.6 is 0 Å². The van der Waals surface area contributed by atoms with Crippen LogP contribution in [0.3, 0.4) is 0 Å². The lowest BCUT2D eigenvalue weighted by Crippen LogP contribution is -2.08. The van der Waals surface area contributed by atoms with E-state index in [0.717, 1.165) is 18.0 Å². The van der Waals surface area contributed by atoms with Gasteiger partial charge in [-0.25, -0.2) is 0 Å². The Morgan fingerprint density at radius 2 is 1.76 bits per heavy atom. The molecule has 1 aromatic carbocycles. The van der Waals surface area contributed by atoms with Crippen molar-refractivity contribution in [2.75, 3.05) is 5.73 Å². The van der Waals surface area contributed by atoms with E-state index in [2.05, 4.69) is 39.8 Å². The van der Waals surface area contributed by atoms with E-state index in [9.17, 15) is 0 Å². The third kappa shape index (κ3) is 3.76. The molecular weight excluding hydrogens is 206 g/mol. The molecular formula is C16H27N. The molecule has 0 saturated heterocycles. The van der Waals surface area contributed by atoms with Crippen molar-refractivity contribution in [1.29, 1.82) is 0 Å². The summed E-state index contributed by atoms with van der Waals surface area (Å²) in [6.45, 7) is 8.84. The van der Waals surface area contributed by atoms with Gasteiger partial charge in [-0.15, -0.1) is 0 Å². The molecule has 1 atom stereocenters. The number of hydrogen-bond donors (Lipinski definition) is 1. The largest absolute Gasteiger partial charge is 0.398 e. The van der Waals surface area contributed by atoms with Crippen LogP contribution < -0.4 is 5.73 Å². The topological polar surface area (TPSA) is 26.0 Å². The van der Waals surface area contributed by atoms with Gasteiger partial charge in [-0.1, -0.05) is 51.7 Å². The lowest BCUT2D eigenvalue weighted by molar-refractivity contribution is 0.449. The molecule has 0 aromatic heterocycles. The minimum Gasteiger partial charge on any atom is -0.398 e. The van der Waals surface area contributed by atoms with Crippen LogP contribution in [0.5, 0.6) is 0 Å². The third-order valence-corrected chi connectivity index (χ3v) is 3.85. The van der Waals surface area contributed by atoms with Gasteiger partial charge in [0.1, 0.15) is 0 Å². The van der Waals surface area contributed by atoms with Crippen LogP contribution in [-0.2, 0) is 6.42 Å². The molecule has 96 valence electrons. The Balaban J connectivity index is 2.81. The highest BCUT2D eigenvalue weighted by molar-refractivity contribution is 5.56. The van der Waals surface area contributed by atoms with Gasteiger partial charge in [-0.05, 0) is 42.9 Å². The molecule has 0 aliphatic carbocycles. The maximum atomic E-state index is 6.22. The summed E-state index contributed by atoms with van der Waals surface area (Å²) in [5.41, 5.74) is 11.2. The molecule has 2 N–H and O–H groups in total. The van der Waals surface area contributed by atoms with Gasteiger partial charge < -0.3 is 5.73 Å². The standard InChI is InChI=1S/C16H27N/c1-5-7-8-14(6-2)11-15-12(3)9-10-13(4)16(15)17/h9-10,14H,5-8,11,17H2,1-4H3. The number of rotatable bonds is 6. The molecule has 0 bridgehead atoms. The zero-order valence-corrected chi connectivity index (χ0v) is 11.8. The van der Waals surface area contributed by atoms with Gasteiger partial charge >= 0.3 is 0 Å². The zero-order valence-electron chi connectivity index (χ0n) is 11.8. The van der Waals surface area contributed by atoms with Crippen molar-refractivity contribution in [1.82, 2.24) is 0 Å². The SMILES string of the molecule is CCCCC(CC)Cc1c(C)ccc(C)c1N. The molecule has 0 heterocycles. The summed E-state index contributed by atoms with van der Waals surface area (Å²) < 4.78 is 0. The summed E-state index contributed by atoms with van der Waals surface area (Å²) in [6.07, 6.45) is 6.37. The molecule has 1 aromatic rings. The van der Waals surface area contributed by atoms with Crippen LogP contribution in [0, 0.1) is 19.8 Å². The molecule has 0 spiro atoms. The fourth-order valence-electron chi connectivity index (χ4n) is 2.39. The predicted molar refractivity (Wildman–Crippen MR) is 77.3 cm³/mol. The van der Waals surface area contributed by atoms with E-state index in [1.165, 1.54) is 42.4 Å². The van der Waals surface area contributed by atoms with E-state index in [0.29, 0.717) is 0 Å². The zero-order chi connectivity index (χ0) is 12.8. The minimum absolute atomic E-state index is 0.790. The molecule has 0 aliphatic rings. The number of unbranched alkanes of at least 4 members (excludes halogenated alkanes) is 1. The Morgan fingerprint density at radius 1 is 1.12 bits per heavy atom. The van der Waals surface area contributed by atoms with Crippen LogP contribution in [0.15, 0.2) is 12.1 Å². The fraction of sp³-hybridized carbons (Fsp3) is 0.625. The maximum Gasteiger partial charge on any atom is 0.0379 e. The fourth-order valence-corrected chi connectivity index (χ4v) is 2.39. The highest BCUT2D eigenvalue weighted by Gasteiger charge is 2.12. The van der Waals surface area contributed by atoms with E-state index < -0.39 is 0 Å². The first-order valence-electron chi connectivity index (χ1n) is 6.94. The van der Waals surface area contributed by atoms with Crippen molar-refractivity contribution < 1.29 is 0 Å². The van der Waals surface area contributed by atoms with Gasteiger partial charge in [0, 0.05) is 5.69 Å². The molecule has 0 aliphatic heterocycles. The lowest BCUT2D eigenvalue weighted by atomic mass is 9.88. The van der Waals surface area contributed by atoms with Crippen molar-refractivity contribution in [3.63, 3.8) is 0 Å². The van der Waals surface area contributed by atoms with Crippen molar-refractivity contribution in [3.8, 4) is 0 Å². The van der Waals surface area contributed by atoms with Gasteiger partial charge in [-0.2, -0.15) is 0 Å². The lowest BCUT2D eigenvalue weighted by Gasteiger charge is -2.18. The molecule has 1 nitrogen and oxygen atoms in total. The third-order valence-electron chi connectivity index (χ3n) is 3.85. The summed E-state index contributed by atoms with van der Waals surface area (Å²) in [4.78, 5) is 0. The number of anilines is 1. The highest BCUT2D eigenvalue weighted by Crippen LogP contribution is 2.27. The van der Waals surface area contributed by atoms with Gasteiger partial charge in [0.2, 0.25) is 0 Å². The van der Waals surface area contributed by atoms with Crippen molar-refractivity contribution >= 4 is 5.69 Å². The normalized spacial score (nSPS) is 12.7. The second-order valence-electron chi connectivity index (χ2n) is 5.21. The summed E-state index contributed by atoms with van der Waals surface area (Å²) in [7, 11) is 0. The summed E-state index contributed by atoms with van der Waals surface area (Å²) in [6, 6.07) is 4.33. The molecule has 0 saturated carbocycles. The number of aryl methyl sites for hydroxylation is 2. The Bertz CT molecular complexity index is 355. The van der Waals surface area contributed by atoms with Gasteiger partial charge in [0.15, 0.2) is 0 Å². The minimum atomic E-state index is 0.790. The smallest absolute Gasteiger partial charge is 0.0379 e. The van der Waals surface area contributed by atoms with Gasteiger partial charge in [0.05, 0.1) is 0 Å².